The second-order valence-electron chi connectivity index (χ2n) is 4.45. The van der Waals surface area contributed by atoms with Crippen molar-refractivity contribution in [3.8, 4) is 0 Å². The average Bonchev–Trinajstić information content (AvgIpc) is 2.74. The maximum Gasteiger partial charge on any atom is 0.321 e. The van der Waals surface area contributed by atoms with E-state index in [9.17, 15) is 14.9 Å². The molecule has 18 heavy (non-hydrogen) atoms. The highest BCUT2D eigenvalue weighted by molar-refractivity contribution is 6.20. The Bertz CT molecular complexity index is 431. The molecular formula is C11H16ClN3O3. The molecule has 0 saturated carbocycles. The molecule has 2 N–H and O–H groups in total. The Morgan fingerprint density at radius 2 is 2.22 bits per heavy atom. The minimum Gasteiger partial charge on any atom is -0.358 e. The van der Waals surface area contributed by atoms with E-state index >= 15 is 0 Å². The summed E-state index contributed by atoms with van der Waals surface area (Å²) < 4.78 is 0. The van der Waals surface area contributed by atoms with Crippen LogP contribution in [-0.2, 0) is 0 Å². The number of amides is 1. The summed E-state index contributed by atoms with van der Waals surface area (Å²) in [6, 6.07) is 2.63. The first-order valence-corrected chi connectivity index (χ1v) is 6.09. The third-order valence-electron chi connectivity index (χ3n) is 2.32. The summed E-state index contributed by atoms with van der Waals surface area (Å²) in [6.45, 7) is 4.43. The van der Waals surface area contributed by atoms with E-state index in [0.717, 1.165) is 6.42 Å². The fourth-order valence-corrected chi connectivity index (χ4v) is 1.95. The fourth-order valence-electron chi connectivity index (χ4n) is 1.52. The number of H-pyrrole nitrogens is 1. The number of hydrogen-bond acceptors (Lipinski definition) is 3. The van der Waals surface area contributed by atoms with Crippen molar-refractivity contribution < 1.29 is 9.72 Å². The van der Waals surface area contributed by atoms with Crippen LogP contribution in [0.2, 0.25) is 0 Å². The molecule has 0 saturated heterocycles. The monoisotopic (exact) mass is 273 g/mol. The number of hydrogen-bond donors (Lipinski definition) is 2. The summed E-state index contributed by atoms with van der Waals surface area (Å²) in [6.07, 6.45) is 0.798. The van der Waals surface area contributed by atoms with E-state index in [1.807, 2.05) is 13.8 Å². The normalized spacial score (nSPS) is 12.4. The third kappa shape index (κ3) is 4.37. The van der Waals surface area contributed by atoms with Gasteiger partial charge in [-0.15, -0.1) is 11.6 Å². The molecule has 0 fully saturated rings. The van der Waals surface area contributed by atoms with Gasteiger partial charge >= 0.3 is 5.82 Å². The molecule has 0 aliphatic heterocycles. The molecule has 1 aromatic rings. The van der Waals surface area contributed by atoms with Crippen molar-refractivity contribution in [3.05, 3.63) is 27.9 Å². The highest BCUT2D eigenvalue weighted by atomic mass is 35.5. The molecule has 0 aliphatic carbocycles. The summed E-state index contributed by atoms with van der Waals surface area (Å²) in [7, 11) is 0. The van der Waals surface area contributed by atoms with Crippen molar-refractivity contribution in [3.63, 3.8) is 0 Å². The minimum atomic E-state index is -0.583. The number of nitrogens with one attached hydrogen (secondary N) is 2. The summed E-state index contributed by atoms with van der Waals surface area (Å²) in [5.74, 6) is -0.141. The molecule has 100 valence electrons. The zero-order valence-corrected chi connectivity index (χ0v) is 11.0. The maximum absolute atomic E-state index is 11.6. The van der Waals surface area contributed by atoms with Crippen LogP contribution in [-0.4, -0.2) is 27.7 Å². The second kappa shape index (κ2) is 6.39. The molecule has 1 aromatic heterocycles. The molecule has 0 spiro atoms. The van der Waals surface area contributed by atoms with Crippen LogP contribution in [0.25, 0.3) is 0 Å². The average molecular weight is 274 g/mol. The van der Waals surface area contributed by atoms with Gasteiger partial charge in [0.2, 0.25) is 0 Å². The van der Waals surface area contributed by atoms with Gasteiger partial charge in [-0.1, -0.05) is 13.8 Å². The van der Waals surface area contributed by atoms with Crippen LogP contribution in [0, 0.1) is 16.0 Å². The Balaban J connectivity index is 2.47. The number of aromatic amines is 1. The molecule has 1 heterocycles. The molecule has 1 amide bonds. The molecule has 6 nitrogen and oxygen atoms in total. The van der Waals surface area contributed by atoms with E-state index in [0.29, 0.717) is 12.5 Å². The van der Waals surface area contributed by atoms with Crippen molar-refractivity contribution in [2.24, 2.45) is 5.92 Å². The molecule has 1 unspecified atom stereocenters. The van der Waals surface area contributed by atoms with E-state index in [1.54, 1.807) is 0 Å². The van der Waals surface area contributed by atoms with E-state index in [1.165, 1.54) is 12.1 Å². The van der Waals surface area contributed by atoms with Crippen LogP contribution >= 0.6 is 11.6 Å². The van der Waals surface area contributed by atoms with Gasteiger partial charge in [0.1, 0.15) is 0 Å². The zero-order valence-electron chi connectivity index (χ0n) is 10.3. The number of aromatic nitrogens is 1. The number of carbonyl (C=O) groups is 1. The zero-order chi connectivity index (χ0) is 13.7. The van der Waals surface area contributed by atoms with Crippen LogP contribution in [0.5, 0.6) is 0 Å². The Morgan fingerprint density at radius 3 is 2.72 bits per heavy atom. The predicted molar refractivity (Wildman–Crippen MR) is 68.9 cm³/mol. The van der Waals surface area contributed by atoms with E-state index in [2.05, 4.69) is 10.3 Å². The highest BCUT2D eigenvalue weighted by Crippen LogP contribution is 2.11. The van der Waals surface area contributed by atoms with Crippen molar-refractivity contribution >= 4 is 23.3 Å². The first-order chi connectivity index (χ1) is 8.40. The minimum absolute atomic E-state index is 0.140. The number of rotatable bonds is 6. The maximum atomic E-state index is 11.6. The van der Waals surface area contributed by atoms with Crippen molar-refractivity contribution in [2.75, 3.05) is 6.54 Å². The number of nitrogens with zero attached hydrogens (tertiary/aromatic N) is 1. The van der Waals surface area contributed by atoms with E-state index in [4.69, 9.17) is 11.6 Å². The standard InChI is InChI=1S/C11H16ClN3O3/c1-7(2)5-8(12)6-13-11(16)9-3-4-10(14-9)15(17)18/h3-4,7-8,14H,5-6H2,1-2H3,(H,13,16). The first kappa shape index (κ1) is 14.5. The smallest absolute Gasteiger partial charge is 0.321 e. The van der Waals surface area contributed by atoms with Crippen LogP contribution in [0.4, 0.5) is 5.82 Å². The molecule has 0 aliphatic rings. The lowest BCUT2D eigenvalue weighted by Gasteiger charge is -2.11. The second-order valence-corrected chi connectivity index (χ2v) is 5.07. The quantitative estimate of drug-likeness (QED) is 0.473. The lowest BCUT2D eigenvalue weighted by Crippen LogP contribution is -2.30. The van der Waals surface area contributed by atoms with Crippen molar-refractivity contribution in [2.45, 2.75) is 25.6 Å². The van der Waals surface area contributed by atoms with Gasteiger partial charge in [-0.3, -0.25) is 4.79 Å². The fraction of sp³-hybridized carbons (Fsp3) is 0.545. The van der Waals surface area contributed by atoms with Gasteiger partial charge in [0.05, 0.1) is 5.38 Å². The van der Waals surface area contributed by atoms with Gasteiger partial charge in [0, 0.05) is 12.6 Å². The lowest BCUT2D eigenvalue weighted by atomic mass is 10.1. The molecule has 0 radical (unpaired) electrons. The SMILES string of the molecule is CC(C)CC(Cl)CNC(=O)c1ccc([N+](=O)[O-])[nH]1. The van der Waals surface area contributed by atoms with Gasteiger partial charge in [0.15, 0.2) is 5.69 Å². The summed E-state index contributed by atoms with van der Waals surface area (Å²) in [4.78, 5) is 23.9. The number of nitro groups is 1. The predicted octanol–water partition coefficient (Wildman–Crippen LogP) is 2.31. The Kier molecular flexibility index (Phi) is 5.15. The van der Waals surface area contributed by atoms with E-state index in [-0.39, 0.29) is 16.9 Å². The number of carbonyl (C=O) groups excluding carboxylic acids is 1. The van der Waals surface area contributed by atoms with E-state index < -0.39 is 10.8 Å². The number of halogens is 1. The topological polar surface area (TPSA) is 88.0 Å². The van der Waals surface area contributed by atoms with Gasteiger partial charge in [-0.25, -0.2) is 4.98 Å². The number of alkyl halides is 1. The van der Waals surface area contributed by atoms with Crippen LogP contribution in [0.15, 0.2) is 12.1 Å². The summed E-state index contributed by atoms with van der Waals surface area (Å²) in [5.41, 5.74) is 0.162. The summed E-state index contributed by atoms with van der Waals surface area (Å²) >= 11 is 6.03. The van der Waals surface area contributed by atoms with Crippen LogP contribution in [0.1, 0.15) is 30.8 Å². The molecule has 0 bridgehead atoms. The Hall–Kier alpha value is -1.56. The Labute approximate surface area is 110 Å². The first-order valence-electron chi connectivity index (χ1n) is 5.65. The van der Waals surface area contributed by atoms with Gasteiger partial charge < -0.3 is 15.4 Å². The largest absolute Gasteiger partial charge is 0.358 e. The highest BCUT2D eigenvalue weighted by Gasteiger charge is 2.16. The Morgan fingerprint density at radius 1 is 1.56 bits per heavy atom. The van der Waals surface area contributed by atoms with Crippen LogP contribution < -0.4 is 5.32 Å². The third-order valence-corrected chi connectivity index (χ3v) is 2.66. The molecule has 0 aromatic carbocycles. The van der Waals surface area contributed by atoms with Crippen molar-refractivity contribution in [1.82, 2.24) is 10.3 Å². The molecular weight excluding hydrogens is 258 g/mol. The van der Waals surface area contributed by atoms with Gasteiger partial charge in [-0.2, -0.15) is 0 Å². The van der Waals surface area contributed by atoms with Crippen molar-refractivity contribution in [1.29, 1.82) is 0 Å². The summed E-state index contributed by atoms with van der Waals surface area (Å²) in [5, 5.41) is 12.9. The lowest BCUT2D eigenvalue weighted by molar-refractivity contribution is -0.389. The molecule has 1 rings (SSSR count). The van der Waals surface area contributed by atoms with Crippen LogP contribution in [0.3, 0.4) is 0 Å². The molecule has 7 heteroatoms. The molecule has 1 atom stereocenters. The van der Waals surface area contributed by atoms with Gasteiger partial charge in [-0.05, 0) is 23.3 Å². The van der Waals surface area contributed by atoms with Gasteiger partial charge in [0.25, 0.3) is 5.91 Å².